The van der Waals surface area contributed by atoms with Crippen molar-refractivity contribution in [1.29, 1.82) is 0 Å². The summed E-state index contributed by atoms with van der Waals surface area (Å²) in [4.78, 5) is 17.3. The highest BCUT2D eigenvalue weighted by Crippen LogP contribution is 2.30. The Hall–Kier alpha value is -2.93. The molecule has 3 aromatic rings. The Labute approximate surface area is 176 Å². The number of nitrogens with one attached hydrogen (secondary N) is 2. The maximum absolute atomic E-state index is 12.5. The van der Waals surface area contributed by atoms with Crippen LogP contribution in [0.5, 0.6) is 0 Å². The van der Waals surface area contributed by atoms with E-state index in [0.29, 0.717) is 19.0 Å². The van der Waals surface area contributed by atoms with Crippen molar-refractivity contribution in [1.82, 2.24) is 20.1 Å². The van der Waals surface area contributed by atoms with Crippen molar-refractivity contribution in [2.75, 3.05) is 18.5 Å². The van der Waals surface area contributed by atoms with E-state index in [1.165, 1.54) is 0 Å². The van der Waals surface area contributed by atoms with Crippen LogP contribution in [0.25, 0.3) is 11.0 Å². The number of pyridine rings is 1. The topological polar surface area (TPSA) is 81.1 Å². The molecular formula is C23H29N5O2. The van der Waals surface area contributed by atoms with Gasteiger partial charge in [-0.3, -0.25) is 4.79 Å². The van der Waals surface area contributed by atoms with E-state index >= 15 is 0 Å². The van der Waals surface area contributed by atoms with E-state index in [4.69, 9.17) is 9.72 Å². The minimum Gasteiger partial charge on any atom is -0.381 e. The van der Waals surface area contributed by atoms with E-state index in [1.54, 1.807) is 0 Å². The highest BCUT2D eigenvalue weighted by molar-refractivity contribution is 5.91. The zero-order chi connectivity index (χ0) is 20.9. The van der Waals surface area contributed by atoms with Gasteiger partial charge in [0.15, 0.2) is 5.65 Å². The number of ether oxygens (including phenoxy) is 1. The van der Waals surface area contributed by atoms with Crippen LogP contribution in [-0.2, 0) is 29.0 Å². The molecule has 7 nitrogen and oxygen atoms in total. The molecule has 0 spiro atoms. The van der Waals surface area contributed by atoms with Gasteiger partial charge in [-0.25, -0.2) is 9.67 Å². The summed E-state index contributed by atoms with van der Waals surface area (Å²) in [6, 6.07) is 10.1. The van der Waals surface area contributed by atoms with E-state index < -0.39 is 0 Å². The number of anilines is 1. The van der Waals surface area contributed by atoms with Crippen LogP contribution in [0.15, 0.2) is 36.5 Å². The molecule has 2 aromatic heterocycles. The first kappa shape index (κ1) is 20.3. The van der Waals surface area contributed by atoms with Gasteiger partial charge in [-0.15, -0.1) is 0 Å². The predicted octanol–water partition coefficient (Wildman–Crippen LogP) is 3.21. The van der Waals surface area contributed by atoms with Gasteiger partial charge in [-0.2, -0.15) is 5.10 Å². The Morgan fingerprint density at radius 2 is 2.00 bits per heavy atom. The third-order valence-electron chi connectivity index (χ3n) is 5.63. The summed E-state index contributed by atoms with van der Waals surface area (Å²) >= 11 is 0. The molecule has 1 aliphatic heterocycles. The maximum Gasteiger partial charge on any atom is 0.224 e. The molecule has 4 rings (SSSR count). The standard InChI is InChI=1S/C23H29N5O2/c1-3-28-23-20(15-25-28)22(27-18-9-11-30-12-10-18)19(16(2)26-23)14-24-21(29)13-17-7-5-4-6-8-17/h4-8,15,18H,3,9-14H2,1-2H3,(H,24,29)(H,26,27). The number of rotatable bonds is 7. The van der Waals surface area contributed by atoms with Crippen LogP contribution in [0.4, 0.5) is 5.69 Å². The van der Waals surface area contributed by atoms with Gasteiger partial charge in [0.25, 0.3) is 0 Å². The summed E-state index contributed by atoms with van der Waals surface area (Å²) in [5.41, 5.74) is 4.84. The molecule has 0 radical (unpaired) electrons. The van der Waals surface area contributed by atoms with Crippen molar-refractivity contribution in [3.8, 4) is 0 Å². The molecule has 0 aliphatic carbocycles. The van der Waals surface area contributed by atoms with Crippen LogP contribution in [0.3, 0.4) is 0 Å². The molecule has 1 amide bonds. The van der Waals surface area contributed by atoms with Crippen molar-refractivity contribution in [2.24, 2.45) is 0 Å². The minimum atomic E-state index is 0.00182. The molecule has 2 N–H and O–H groups in total. The molecule has 0 bridgehead atoms. The van der Waals surface area contributed by atoms with Crippen LogP contribution in [0.2, 0.25) is 0 Å². The number of hydrogen-bond acceptors (Lipinski definition) is 5. The van der Waals surface area contributed by atoms with Crippen LogP contribution < -0.4 is 10.6 Å². The smallest absolute Gasteiger partial charge is 0.224 e. The summed E-state index contributed by atoms with van der Waals surface area (Å²) in [6.07, 6.45) is 4.17. The lowest BCUT2D eigenvalue weighted by atomic mass is 10.0. The normalized spacial score (nSPS) is 14.7. The second-order valence-electron chi connectivity index (χ2n) is 7.72. The van der Waals surface area contributed by atoms with E-state index in [-0.39, 0.29) is 5.91 Å². The van der Waals surface area contributed by atoms with E-state index in [0.717, 1.165) is 66.1 Å². The van der Waals surface area contributed by atoms with Gasteiger partial charge < -0.3 is 15.4 Å². The lowest BCUT2D eigenvalue weighted by Crippen LogP contribution is -2.30. The Bertz CT molecular complexity index is 1010. The number of fused-ring (bicyclic) bond motifs is 1. The molecule has 158 valence electrons. The first-order chi connectivity index (χ1) is 14.7. The predicted molar refractivity (Wildman–Crippen MR) is 117 cm³/mol. The fourth-order valence-corrected chi connectivity index (χ4v) is 3.93. The summed E-state index contributed by atoms with van der Waals surface area (Å²) in [7, 11) is 0. The van der Waals surface area contributed by atoms with Gasteiger partial charge in [-0.1, -0.05) is 30.3 Å². The summed E-state index contributed by atoms with van der Waals surface area (Å²) < 4.78 is 7.42. The lowest BCUT2D eigenvalue weighted by molar-refractivity contribution is -0.120. The Morgan fingerprint density at radius 1 is 1.23 bits per heavy atom. The molecule has 7 heteroatoms. The number of aryl methyl sites for hydroxylation is 2. The Balaban J connectivity index is 1.59. The van der Waals surface area contributed by atoms with Gasteiger partial charge in [0.2, 0.25) is 5.91 Å². The second kappa shape index (κ2) is 9.26. The van der Waals surface area contributed by atoms with Gasteiger partial charge in [0.1, 0.15) is 0 Å². The van der Waals surface area contributed by atoms with Crippen molar-refractivity contribution in [3.05, 3.63) is 53.3 Å². The van der Waals surface area contributed by atoms with Crippen molar-refractivity contribution in [3.63, 3.8) is 0 Å². The van der Waals surface area contributed by atoms with Gasteiger partial charge >= 0.3 is 0 Å². The molecule has 0 atom stereocenters. The SMILES string of the molecule is CCn1ncc2c(NC3CCOCC3)c(CNC(=O)Cc3ccccc3)c(C)nc21. The molecule has 3 heterocycles. The van der Waals surface area contributed by atoms with Crippen LogP contribution in [-0.4, -0.2) is 39.9 Å². The highest BCUT2D eigenvalue weighted by atomic mass is 16.5. The summed E-state index contributed by atoms with van der Waals surface area (Å²) in [5, 5.41) is 12.3. The third kappa shape index (κ3) is 4.46. The van der Waals surface area contributed by atoms with Gasteiger partial charge in [-0.05, 0) is 32.3 Å². The average molecular weight is 408 g/mol. The molecule has 1 saturated heterocycles. The molecule has 30 heavy (non-hydrogen) atoms. The Morgan fingerprint density at radius 3 is 2.73 bits per heavy atom. The van der Waals surface area contributed by atoms with Crippen LogP contribution >= 0.6 is 0 Å². The number of carbonyl (C=O) groups is 1. The lowest BCUT2D eigenvalue weighted by Gasteiger charge is -2.26. The van der Waals surface area contributed by atoms with Gasteiger partial charge in [0.05, 0.1) is 23.7 Å². The number of hydrogen-bond donors (Lipinski definition) is 2. The second-order valence-corrected chi connectivity index (χ2v) is 7.72. The molecule has 0 saturated carbocycles. The number of benzene rings is 1. The van der Waals surface area contributed by atoms with Crippen molar-refractivity contribution >= 4 is 22.6 Å². The summed E-state index contributed by atoms with van der Waals surface area (Å²) in [6.45, 7) is 6.79. The zero-order valence-corrected chi connectivity index (χ0v) is 17.6. The Kier molecular flexibility index (Phi) is 6.28. The van der Waals surface area contributed by atoms with Crippen LogP contribution in [0, 0.1) is 6.92 Å². The molecule has 1 fully saturated rings. The number of carbonyl (C=O) groups excluding carboxylic acids is 1. The first-order valence-corrected chi connectivity index (χ1v) is 10.7. The molecule has 1 aromatic carbocycles. The maximum atomic E-state index is 12.5. The van der Waals surface area contributed by atoms with Crippen molar-refractivity contribution < 1.29 is 9.53 Å². The molecule has 1 aliphatic rings. The fraction of sp³-hybridized carbons (Fsp3) is 0.435. The first-order valence-electron chi connectivity index (χ1n) is 10.7. The fourth-order valence-electron chi connectivity index (χ4n) is 3.93. The van der Waals surface area contributed by atoms with Crippen molar-refractivity contribution in [2.45, 2.75) is 52.2 Å². The summed E-state index contributed by atoms with van der Waals surface area (Å²) in [5.74, 6) is 0.00182. The largest absolute Gasteiger partial charge is 0.381 e. The minimum absolute atomic E-state index is 0.00182. The van der Waals surface area contributed by atoms with E-state index in [9.17, 15) is 4.79 Å². The quantitative estimate of drug-likeness (QED) is 0.629. The average Bonchev–Trinajstić information content (AvgIpc) is 3.17. The number of nitrogens with zero attached hydrogens (tertiary/aromatic N) is 3. The van der Waals surface area contributed by atoms with Crippen LogP contribution in [0.1, 0.15) is 36.6 Å². The van der Waals surface area contributed by atoms with E-state index in [2.05, 4.69) is 22.7 Å². The van der Waals surface area contributed by atoms with E-state index in [1.807, 2.05) is 48.1 Å². The number of amides is 1. The molecule has 0 unspecified atom stereocenters. The van der Waals surface area contributed by atoms with Gasteiger partial charge in [0, 0.05) is 43.6 Å². The third-order valence-corrected chi connectivity index (χ3v) is 5.63. The monoisotopic (exact) mass is 407 g/mol. The number of aromatic nitrogens is 3. The highest BCUT2D eigenvalue weighted by Gasteiger charge is 2.21. The zero-order valence-electron chi connectivity index (χ0n) is 17.6. The molecular weight excluding hydrogens is 378 g/mol.